The number of benzene rings is 1. The number of carbonyl (C=O) groups is 2. The summed E-state index contributed by atoms with van der Waals surface area (Å²) in [5.41, 5.74) is 2.12. The number of hydrogen-bond donors (Lipinski definition) is 2. The molecule has 2 N–H and O–H groups in total. The second-order valence-corrected chi connectivity index (χ2v) is 8.74. The number of carboxylic acid groups (broad SMARTS) is 2. The predicted molar refractivity (Wildman–Crippen MR) is 133 cm³/mol. The molecule has 0 aromatic heterocycles. The lowest BCUT2D eigenvalue weighted by Crippen LogP contribution is -2.25. The minimum Gasteiger partial charge on any atom is -0.478 e. The van der Waals surface area contributed by atoms with E-state index in [1.165, 1.54) is 19.4 Å². The molecule has 8 heteroatoms. The molecule has 0 amide bonds. The number of likely N-dealkylation sites (tertiary alicyclic amines) is 1. The fourth-order valence-corrected chi connectivity index (χ4v) is 3.29. The zero-order chi connectivity index (χ0) is 24.6. The average molecular weight is 479 g/mol. The van der Waals surface area contributed by atoms with Crippen molar-refractivity contribution in [1.82, 2.24) is 4.90 Å². The SMILES string of the molecule is CC(C)CCC(/C=C\c1ccc(Cl)cc1)=N\OCCC1CCCN1C.O=C(O)/C=C\C(=O)O. The molecule has 1 unspecified atom stereocenters. The molecule has 1 atom stereocenters. The minimum absolute atomic E-state index is 0.558. The Hall–Kier alpha value is -2.64. The van der Waals surface area contributed by atoms with Crippen molar-refractivity contribution >= 4 is 35.3 Å². The second-order valence-electron chi connectivity index (χ2n) is 8.31. The van der Waals surface area contributed by atoms with Crippen LogP contribution in [0.2, 0.25) is 5.02 Å². The van der Waals surface area contributed by atoms with Crippen LogP contribution >= 0.6 is 11.6 Å². The summed E-state index contributed by atoms with van der Waals surface area (Å²) < 4.78 is 0. The van der Waals surface area contributed by atoms with Crippen molar-refractivity contribution in [3.63, 3.8) is 0 Å². The van der Waals surface area contributed by atoms with E-state index in [-0.39, 0.29) is 0 Å². The lowest BCUT2D eigenvalue weighted by Gasteiger charge is -2.18. The van der Waals surface area contributed by atoms with E-state index in [1.807, 2.05) is 24.3 Å². The molecule has 1 aliphatic rings. The summed E-state index contributed by atoms with van der Waals surface area (Å²) in [7, 11) is 2.20. The third-order valence-electron chi connectivity index (χ3n) is 5.08. The van der Waals surface area contributed by atoms with Gasteiger partial charge in [0, 0.05) is 23.2 Å². The summed E-state index contributed by atoms with van der Waals surface area (Å²) in [6.45, 7) is 6.36. The molecule has 1 aliphatic heterocycles. The molecule has 0 radical (unpaired) electrons. The molecule has 7 nitrogen and oxygen atoms in total. The monoisotopic (exact) mass is 478 g/mol. The fraction of sp³-hybridized carbons (Fsp3) is 0.480. The van der Waals surface area contributed by atoms with Crippen molar-refractivity contribution in [1.29, 1.82) is 0 Å². The van der Waals surface area contributed by atoms with Gasteiger partial charge >= 0.3 is 11.9 Å². The smallest absolute Gasteiger partial charge is 0.328 e. The van der Waals surface area contributed by atoms with Crippen LogP contribution in [0.15, 0.2) is 47.6 Å². The lowest BCUT2D eigenvalue weighted by molar-refractivity contribution is -0.134. The number of nitrogens with zero attached hydrogens (tertiary/aromatic N) is 2. The van der Waals surface area contributed by atoms with Crippen LogP contribution in [-0.4, -0.2) is 59.0 Å². The van der Waals surface area contributed by atoms with Gasteiger partial charge in [0.2, 0.25) is 0 Å². The number of allylic oxidation sites excluding steroid dienone is 1. The normalized spacial score (nSPS) is 16.9. The van der Waals surface area contributed by atoms with Gasteiger partial charge in [-0.05, 0) is 75.4 Å². The molecular weight excluding hydrogens is 444 g/mol. The first-order valence-corrected chi connectivity index (χ1v) is 11.5. The van der Waals surface area contributed by atoms with Crippen molar-refractivity contribution in [3.05, 3.63) is 53.1 Å². The predicted octanol–water partition coefficient (Wildman–Crippen LogP) is 5.36. The Kier molecular flexibility index (Phi) is 13.8. The number of aliphatic carboxylic acids is 2. The van der Waals surface area contributed by atoms with Crippen molar-refractivity contribution in [2.24, 2.45) is 11.1 Å². The van der Waals surface area contributed by atoms with Crippen LogP contribution in [0.5, 0.6) is 0 Å². The Morgan fingerprint density at radius 3 is 2.33 bits per heavy atom. The van der Waals surface area contributed by atoms with Gasteiger partial charge in [0.1, 0.15) is 6.61 Å². The van der Waals surface area contributed by atoms with Crippen molar-refractivity contribution in [2.75, 3.05) is 20.2 Å². The van der Waals surface area contributed by atoms with E-state index in [4.69, 9.17) is 26.7 Å². The molecule has 0 aliphatic carbocycles. The highest BCUT2D eigenvalue weighted by Crippen LogP contribution is 2.18. The largest absolute Gasteiger partial charge is 0.478 e. The van der Waals surface area contributed by atoms with E-state index >= 15 is 0 Å². The van der Waals surface area contributed by atoms with Crippen LogP contribution < -0.4 is 0 Å². The Balaban J connectivity index is 0.000000582. The van der Waals surface area contributed by atoms with Crippen molar-refractivity contribution in [2.45, 2.75) is 52.0 Å². The molecule has 182 valence electrons. The number of halogens is 1. The van der Waals surface area contributed by atoms with Gasteiger partial charge in [-0.1, -0.05) is 48.8 Å². The van der Waals surface area contributed by atoms with Gasteiger partial charge in [-0.15, -0.1) is 0 Å². The van der Waals surface area contributed by atoms with Gasteiger partial charge < -0.3 is 20.0 Å². The van der Waals surface area contributed by atoms with E-state index in [0.29, 0.717) is 30.7 Å². The molecule has 1 aromatic carbocycles. The Morgan fingerprint density at radius 2 is 1.82 bits per heavy atom. The number of rotatable bonds is 11. The summed E-state index contributed by atoms with van der Waals surface area (Å²) in [6.07, 6.45) is 10.9. The summed E-state index contributed by atoms with van der Waals surface area (Å²) >= 11 is 5.94. The van der Waals surface area contributed by atoms with Gasteiger partial charge in [-0.2, -0.15) is 0 Å². The standard InChI is InChI=1S/C21H31ClN2O.C4H4O4/c1-17(2)6-12-20(13-9-18-7-10-19(22)11-8-18)23-25-16-14-21-5-4-15-24(21)3;5-3(6)1-2-4(7)8/h7-11,13,17,21H,4-6,12,14-16H2,1-3H3;1-2H,(H,5,6)(H,7,8)/b13-9-,23-20+;2-1-. The highest BCUT2D eigenvalue weighted by atomic mass is 35.5. The average Bonchev–Trinajstić information content (AvgIpc) is 3.17. The number of oxime groups is 1. The van der Waals surface area contributed by atoms with E-state index < -0.39 is 11.9 Å². The van der Waals surface area contributed by atoms with Gasteiger partial charge in [0.25, 0.3) is 0 Å². The minimum atomic E-state index is -1.26. The molecule has 2 rings (SSSR count). The molecule has 1 saturated heterocycles. The van der Waals surface area contributed by atoms with Gasteiger partial charge in [-0.25, -0.2) is 9.59 Å². The molecule has 33 heavy (non-hydrogen) atoms. The molecule has 0 spiro atoms. The summed E-state index contributed by atoms with van der Waals surface area (Å²) in [5.74, 6) is -1.86. The van der Waals surface area contributed by atoms with Crippen LogP contribution in [-0.2, 0) is 14.4 Å². The third kappa shape index (κ3) is 14.2. The molecule has 1 aromatic rings. The Labute approximate surface area is 201 Å². The maximum Gasteiger partial charge on any atom is 0.328 e. The Morgan fingerprint density at radius 1 is 1.18 bits per heavy atom. The maximum atomic E-state index is 9.55. The summed E-state index contributed by atoms with van der Waals surface area (Å²) in [6, 6.07) is 8.48. The van der Waals surface area contributed by atoms with E-state index in [2.05, 4.69) is 43.1 Å². The van der Waals surface area contributed by atoms with Crippen molar-refractivity contribution in [3.8, 4) is 0 Å². The zero-order valence-electron chi connectivity index (χ0n) is 19.6. The quantitative estimate of drug-likeness (QED) is 0.192. The van der Waals surface area contributed by atoms with Gasteiger partial charge in [0.15, 0.2) is 0 Å². The topological polar surface area (TPSA) is 99.4 Å². The van der Waals surface area contributed by atoms with E-state index in [9.17, 15) is 9.59 Å². The number of carboxylic acids is 2. The first-order chi connectivity index (χ1) is 15.7. The van der Waals surface area contributed by atoms with Gasteiger partial charge in [-0.3, -0.25) is 0 Å². The molecular formula is C25H35ClN2O5. The number of hydrogen-bond acceptors (Lipinski definition) is 5. The van der Waals surface area contributed by atoms with Crippen molar-refractivity contribution < 1.29 is 24.6 Å². The van der Waals surface area contributed by atoms with Crippen LogP contribution in [0.4, 0.5) is 0 Å². The van der Waals surface area contributed by atoms with Crippen LogP contribution in [0.3, 0.4) is 0 Å². The highest BCUT2D eigenvalue weighted by Gasteiger charge is 2.20. The summed E-state index contributed by atoms with van der Waals surface area (Å²) in [4.78, 5) is 27.2. The van der Waals surface area contributed by atoms with Crippen LogP contribution in [0.25, 0.3) is 6.08 Å². The molecule has 0 bridgehead atoms. The first-order valence-electron chi connectivity index (χ1n) is 11.1. The Bertz CT molecular complexity index is 803. The molecule has 1 heterocycles. The molecule has 1 fully saturated rings. The first kappa shape index (κ1) is 28.4. The zero-order valence-corrected chi connectivity index (χ0v) is 20.4. The maximum absolute atomic E-state index is 9.55. The van der Waals surface area contributed by atoms with Crippen LogP contribution in [0.1, 0.15) is 51.5 Å². The van der Waals surface area contributed by atoms with E-state index in [0.717, 1.165) is 35.6 Å². The lowest BCUT2D eigenvalue weighted by atomic mass is 10.0. The van der Waals surface area contributed by atoms with Crippen LogP contribution in [0, 0.1) is 5.92 Å². The van der Waals surface area contributed by atoms with Gasteiger partial charge in [0.05, 0.1) is 5.71 Å². The molecule has 0 saturated carbocycles. The third-order valence-corrected chi connectivity index (χ3v) is 5.33. The summed E-state index contributed by atoms with van der Waals surface area (Å²) in [5, 5.41) is 20.8. The second kappa shape index (κ2) is 16.0. The highest BCUT2D eigenvalue weighted by molar-refractivity contribution is 6.30. The fourth-order valence-electron chi connectivity index (χ4n) is 3.17. The van der Waals surface area contributed by atoms with E-state index in [1.54, 1.807) is 0 Å².